The summed E-state index contributed by atoms with van der Waals surface area (Å²) >= 11 is 11.9. The molecule has 1 heterocycles. The molecule has 1 atom stereocenters. The molecule has 9 nitrogen and oxygen atoms in total. The van der Waals surface area contributed by atoms with Gasteiger partial charge in [0.25, 0.3) is 10.0 Å². The number of benzene rings is 2. The number of hydrogen-bond donors (Lipinski definition) is 2. The Hall–Kier alpha value is -2.18. The molecule has 3 rings (SSSR count). The van der Waals surface area contributed by atoms with Crippen LogP contribution in [0.2, 0.25) is 10.0 Å². The molecular weight excluding hydrogens is 521 g/mol. The van der Waals surface area contributed by atoms with Gasteiger partial charge in [-0.1, -0.05) is 49.2 Å². The number of halogens is 2. The summed E-state index contributed by atoms with van der Waals surface area (Å²) in [5.41, 5.74) is 1.59. The van der Waals surface area contributed by atoms with Crippen molar-refractivity contribution in [1.29, 1.82) is 0 Å². The summed E-state index contributed by atoms with van der Waals surface area (Å²) in [4.78, 5) is 4.16. The first-order valence-electron chi connectivity index (χ1n) is 10.3. The Morgan fingerprint density at radius 2 is 1.65 bits per heavy atom. The molecule has 0 unspecified atom stereocenters. The summed E-state index contributed by atoms with van der Waals surface area (Å²) in [7, 11) is -7.85. The summed E-state index contributed by atoms with van der Waals surface area (Å²) in [6, 6.07) is 12.8. The van der Waals surface area contributed by atoms with Gasteiger partial charge >= 0.3 is 0 Å². The van der Waals surface area contributed by atoms with Gasteiger partial charge < -0.3 is 0 Å². The molecule has 0 bridgehead atoms. The molecule has 2 aromatic carbocycles. The molecular formula is C21H25Cl2N5O4S2. The van der Waals surface area contributed by atoms with Crippen LogP contribution < -0.4 is 9.86 Å². The normalized spacial score (nSPS) is 17.2. The smallest absolute Gasteiger partial charge is 0.250 e. The summed E-state index contributed by atoms with van der Waals surface area (Å²) in [5.74, 6) is -0.412. The summed E-state index contributed by atoms with van der Waals surface area (Å²) in [6.45, 7) is 4.17. The van der Waals surface area contributed by atoms with Gasteiger partial charge in [0.2, 0.25) is 16.0 Å². The summed E-state index contributed by atoms with van der Waals surface area (Å²) in [6.07, 6.45) is 0. The lowest BCUT2D eigenvalue weighted by Gasteiger charge is -2.21. The fourth-order valence-electron chi connectivity index (χ4n) is 3.31. The first-order valence-corrected chi connectivity index (χ1v) is 14.3. The van der Waals surface area contributed by atoms with Crippen molar-refractivity contribution in [3.05, 3.63) is 64.1 Å². The van der Waals surface area contributed by atoms with Gasteiger partial charge in [0.05, 0.1) is 29.4 Å². The van der Waals surface area contributed by atoms with Crippen LogP contribution in [0.5, 0.6) is 0 Å². The van der Waals surface area contributed by atoms with Crippen molar-refractivity contribution in [1.82, 2.24) is 9.73 Å². The average molecular weight is 547 g/mol. The van der Waals surface area contributed by atoms with Gasteiger partial charge in [-0.3, -0.25) is 0 Å². The quantitative estimate of drug-likeness (QED) is 0.407. The molecule has 0 saturated heterocycles. The van der Waals surface area contributed by atoms with Gasteiger partial charge in [0, 0.05) is 16.0 Å². The first-order chi connectivity index (χ1) is 15.9. The molecule has 0 aromatic heterocycles. The minimum absolute atomic E-state index is 0.0300. The number of aliphatic imine (C=N–C) groups is 1. The maximum atomic E-state index is 13.0. The lowest BCUT2D eigenvalue weighted by atomic mass is 9.88. The molecule has 0 amide bonds. The average Bonchev–Trinajstić information content (AvgIpc) is 3.19. The molecule has 3 N–H and O–H groups in total. The molecule has 0 spiro atoms. The molecule has 34 heavy (non-hydrogen) atoms. The van der Waals surface area contributed by atoms with Gasteiger partial charge in [-0.25, -0.2) is 36.7 Å². The first kappa shape index (κ1) is 26.4. The fraction of sp³-hybridized carbons (Fsp3) is 0.333. The van der Waals surface area contributed by atoms with Crippen molar-refractivity contribution in [3.63, 3.8) is 0 Å². The molecule has 184 valence electrons. The van der Waals surface area contributed by atoms with Gasteiger partial charge in [0.1, 0.15) is 0 Å². The third-order valence-electron chi connectivity index (χ3n) is 5.13. The van der Waals surface area contributed by atoms with Gasteiger partial charge in [-0.05, 0) is 47.9 Å². The molecule has 0 fully saturated rings. The SMILES string of the molecule is CC(C)[C@H]1CN(C(=NCCS(N)(=O)=O)NS(=O)(=O)c2ccc(Cl)cc2)N=C1c1ccc(Cl)cc1. The van der Waals surface area contributed by atoms with Crippen LogP contribution in [0.4, 0.5) is 0 Å². The molecule has 2 aromatic rings. The monoisotopic (exact) mass is 545 g/mol. The number of primary sulfonamides is 1. The third kappa shape index (κ3) is 6.92. The lowest BCUT2D eigenvalue weighted by molar-refractivity contribution is 0.385. The highest BCUT2D eigenvalue weighted by Gasteiger charge is 2.33. The maximum absolute atomic E-state index is 13.0. The van der Waals surface area contributed by atoms with E-state index in [0.29, 0.717) is 16.6 Å². The van der Waals surface area contributed by atoms with E-state index in [1.54, 1.807) is 12.1 Å². The zero-order chi connectivity index (χ0) is 25.1. The molecule has 1 aliphatic rings. The van der Waals surface area contributed by atoms with Crippen LogP contribution in [0.1, 0.15) is 19.4 Å². The van der Waals surface area contributed by atoms with Crippen molar-refractivity contribution in [2.24, 2.45) is 27.1 Å². The second-order valence-corrected chi connectivity index (χ2v) is 12.3. The van der Waals surface area contributed by atoms with Crippen LogP contribution in [-0.4, -0.2) is 52.4 Å². The van der Waals surface area contributed by atoms with Crippen LogP contribution in [0, 0.1) is 11.8 Å². The van der Waals surface area contributed by atoms with Crippen LogP contribution in [-0.2, 0) is 20.0 Å². The summed E-state index contributed by atoms with van der Waals surface area (Å²) in [5, 5.41) is 12.1. The Labute approximate surface area is 209 Å². The van der Waals surface area contributed by atoms with E-state index in [2.05, 4.69) is 14.8 Å². The van der Waals surface area contributed by atoms with E-state index in [4.69, 9.17) is 28.3 Å². The predicted octanol–water partition coefficient (Wildman–Crippen LogP) is 2.91. The van der Waals surface area contributed by atoms with E-state index in [1.807, 2.05) is 26.0 Å². The Morgan fingerprint density at radius 1 is 1.09 bits per heavy atom. The Morgan fingerprint density at radius 3 is 2.18 bits per heavy atom. The highest BCUT2D eigenvalue weighted by molar-refractivity contribution is 7.90. The van der Waals surface area contributed by atoms with Gasteiger partial charge in [-0.15, -0.1) is 0 Å². The number of sulfonamides is 2. The lowest BCUT2D eigenvalue weighted by Crippen LogP contribution is -2.42. The fourth-order valence-corrected chi connectivity index (χ4v) is 4.93. The number of nitrogens with zero attached hydrogens (tertiary/aromatic N) is 3. The number of nitrogens with one attached hydrogen (secondary N) is 1. The molecule has 0 saturated carbocycles. The molecule has 13 heteroatoms. The maximum Gasteiger partial charge on any atom is 0.264 e. The number of hydrazone groups is 1. The largest absolute Gasteiger partial charge is 0.264 e. The van der Waals surface area contributed by atoms with Crippen molar-refractivity contribution >= 4 is 54.9 Å². The Kier molecular flexibility index (Phi) is 8.25. The second kappa shape index (κ2) is 10.6. The zero-order valence-electron chi connectivity index (χ0n) is 18.5. The van der Waals surface area contributed by atoms with Gasteiger partial charge in [0.15, 0.2) is 0 Å². The molecule has 1 aliphatic heterocycles. The minimum Gasteiger partial charge on any atom is -0.250 e. The van der Waals surface area contributed by atoms with Crippen LogP contribution in [0.15, 0.2) is 63.5 Å². The van der Waals surface area contributed by atoms with Crippen LogP contribution in [0.25, 0.3) is 0 Å². The Balaban J connectivity index is 1.98. The van der Waals surface area contributed by atoms with Crippen molar-refractivity contribution in [2.75, 3.05) is 18.8 Å². The van der Waals surface area contributed by atoms with E-state index in [1.165, 1.54) is 29.3 Å². The summed E-state index contributed by atoms with van der Waals surface area (Å²) < 4.78 is 51.2. The minimum atomic E-state index is -4.05. The van der Waals surface area contributed by atoms with Crippen molar-refractivity contribution in [2.45, 2.75) is 18.7 Å². The van der Waals surface area contributed by atoms with E-state index < -0.39 is 25.8 Å². The molecule has 0 aliphatic carbocycles. The van der Waals surface area contributed by atoms with E-state index >= 15 is 0 Å². The van der Waals surface area contributed by atoms with Crippen LogP contribution in [0.3, 0.4) is 0 Å². The van der Waals surface area contributed by atoms with E-state index in [-0.39, 0.29) is 29.2 Å². The number of guanidine groups is 1. The van der Waals surface area contributed by atoms with Gasteiger partial charge in [-0.2, -0.15) is 5.10 Å². The molecule has 0 radical (unpaired) electrons. The van der Waals surface area contributed by atoms with Crippen molar-refractivity contribution in [3.8, 4) is 0 Å². The standard InChI is InChI=1S/C21H25Cl2N5O4S2/c1-14(2)19-13-28(26-20(19)15-3-5-16(22)6-4-15)21(25-11-12-33(24,29)30)27-34(31,32)18-9-7-17(23)8-10-18/h3-10,14,19H,11-13H2,1-2H3,(H,25,27)(H2,24,29,30)/t19-/m1/s1. The number of rotatable bonds is 7. The van der Waals surface area contributed by atoms with Crippen molar-refractivity contribution < 1.29 is 16.8 Å². The zero-order valence-corrected chi connectivity index (χ0v) is 21.7. The predicted molar refractivity (Wildman–Crippen MR) is 135 cm³/mol. The topological polar surface area (TPSA) is 134 Å². The second-order valence-electron chi connectivity index (χ2n) is 8.06. The third-order valence-corrected chi connectivity index (χ3v) is 7.73. The van der Waals surface area contributed by atoms with E-state index in [9.17, 15) is 16.8 Å². The highest BCUT2D eigenvalue weighted by atomic mass is 35.5. The van der Waals surface area contributed by atoms with E-state index in [0.717, 1.165) is 11.3 Å². The number of nitrogens with two attached hydrogens (primary N) is 1. The van der Waals surface area contributed by atoms with Crippen LogP contribution >= 0.6 is 23.2 Å². The highest BCUT2D eigenvalue weighted by Crippen LogP contribution is 2.27. The Bertz CT molecular complexity index is 1290. The number of hydrogen-bond acceptors (Lipinski definition) is 6.